The molecule has 24 heavy (non-hydrogen) atoms. The molecule has 1 aliphatic rings. The van der Waals surface area contributed by atoms with Crippen LogP contribution in [0.25, 0.3) is 0 Å². The summed E-state index contributed by atoms with van der Waals surface area (Å²) in [7, 11) is 1.65. The Bertz CT molecular complexity index is 514. The fourth-order valence-corrected chi connectivity index (χ4v) is 2.20. The maximum absolute atomic E-state index is 11.8. The molecule has 1 aromatic carbocycles. The number of hydrogen-bond acceptors (Lipinski definition) is 5. The van der Waals surface area contributed by atoms with E-state index in [0.29, 0.717) is 19.6 Å². The fraction of sp³-hybridized carbons (Fsp3) is 0.632. The molecule has 134 valence electrons. The first-order chi connectivity index (χ1) is 11.4. The molecule has 0 bridgehead atoms. The predicted octanol–water partition coefficient (Wildman–Crippen LogP) is 3.35. The number of benzene rings is 1. The Labute approximate surface area is 144 Å². The fourth-order valence-electron chi connectivity index (χ4n) is 2.20. The van der Waals surface area contributed by atoms with Crippen LogP contribution in [0.5, 0.6) is 5.75 Å². The van der Waals surface area contributed by atoms with Gasteiger partial charge in [0.2, 0.25) is 0 Å². The summed E-state index contributed by atoms with van der Waals surface area (Å²) in [6.45, 7) is 7.25. The smallest absolute Gasteiger partial charge is 0.311 e. The Kier molecular flexibility index (Phi) is 6.63. The molecular formula is C19H28O5. The highest BCUT2D eigenvalue weighted by atomic mass is 16.6. The van der Waals surface area contributed by atoms with Crippen molar-refractivity contribution < 1.29 is 23.7 Å². The van der Waals surface area contributed by atoms with Gasteiger partial charge in [-0.15, -0.1) is 0 Å². The van der Waals surface area contributed by atoms with Crippen LogP contribution in [-0.4, -0.2) is 38.5 Å². The highest BCUT2D eigenvalue weighted by Gasteiger charge is 2.28. The first-order valence-corrected chi connectivity index (χ1v) is 8.42. The third kappa shape index (κ3) is 6.49. The Morgan fingerprint density at radius 2 is 1.96 bits per heavy atom. The molecule has 1 fully saturated rings. The van der Waals surface area contributed by atoms with E-state index in [1.165, 1.54) is 0 Å². The van der Waals surface area contributed by atoms with E-state index in [1.807, 2.05) is 45.0 Å². The van der Waals surface area contributed by atoms with Crippen LogP contribution in [-0.2, 0) is 25.6 Å². The van der Waals surface area contributed by atoms with Crippen LogP contribution in [0, 0.1) is 5.41 Å². The van der Waals surface area contributed by atoms with Crippen molar-refractivity contribution >= 4 is 5.97 Å². The van der Waals surface area contributed by atoms with Gasteiger partial charge < -0.3 is 18.9 Å². The molecule has 0 N–H and O–H groups in total. The summed E-state index contributed by atoms with van der Waals surface area (Å²) < 4.78 is 21.8. The summed E-state index contributed by atoms with van der Waals surface area (Å²) in [5.41, 5.74) is 0.614. The van der Waals surface area contributed by atoms with E-state index in [4.69, 9.17) is 18.9 Å². The molecule has 0 aromatic heterocycles. The third-order valence-electron chi connectivity index (χ3n) is 3.86. The Hall–Kier alpha value is -1.59. The lowest BCUT2D eigenvalue weighted by molar-refractivity contribution is -0.153. The van der Waals surface area contributed by atoms with Gasteiger partial charge in [-0.2, -0.15) is 0 Å². The molecule has 0 aliphatic carbocycles. The van der Waals surface area contributed by atoms with E-state index in [0.717, 1.165) is 24.3 Å². The topological polar surface area (TPSA) is 57.3 Å². The van der Waals surface area contributed by atoms with E-state index < -0.39 is 5.41 Å². The minimum Gasteiger partial charge on any atom is -0.497 e. The van der Waals surface area contributed by atoms with Crippen LogP contribution in [0.2, 0.25) is 0 Å². The first-order valence-electron chi connectivity index (χ1n) is 8.42. The highest BCUT2D eigenvalue weighted by molar-refractivity contribution is 5.75. The number of carbonyl (C=O) groups is 1. The molecule has 0 spiro atoms. The van der Waals surface area contributed by atoms with E-state index >= 15 is 0 Å². The highest BCUT2D eigenvalue weighted by Crippen LogP contribution is 2.22. The summed E-state index contributed by atoms with van der Waals surface area (Å²) in [5.74, 6) is 0.648. The maximum atomic E-state index is 11.8. The van der Waals surface area contributed by atoms with Crippen molar-refractivity contribution in [2.75, 3.05) is 20.3 Å². The number of methoxy groups -OCH3 is 1. The van der Waals surface area contributed by atoms with Crippen molar-refractivity contribution in [3.63, 3.8) is 0 Å². The van der Waals surface area contributed by atoms with Crippen LogP contribution in [0.4, 0.5) is 0 Å². The van der Waals surface area contributed by atoms with Gasteiger partial charge in [-0.25, -0.2) is 0 Å². The van der Waals surface area contributed by atoms with Gasteiger partial charge in [-0.05, 0) is 38.5 Å². The molecule has 0 saturated carbocycles. The second-order valence-electron chi connectivity index (χ2n) is 7.15. The molecule has 5 heteroatoms. The van der Waals surface area contributed by atoms with Gasteiger partial charge in [0.05, 0.1) is 44.6 Å². The maximum Gasteiger partial charge on any atom is 0.311 e. The van der Waals surface area contributed by atoms with Gasteiger partial charge in [0.1, 0.15) is 5.75 Å². The monoisotopic (exact) mass is 336 g/mol. The average Bonchev–Trinajstić information content (AvgIpc) is 3.36. The van der Waals surface area contributed by atoms with E-state index in [9.17, 15) is 4.79 Å². The van der Waals surface area contributed by atoms with Crippen molar-refractivity contribution in [1.82, 2.24) is 0 Å². The van der Waals surface area contributed by atoms with Crippen molar-refractivity contribution in [2.24, 2.45) is 5.41 Å². The minimum atomic E-state index is -0.473. The van der Waals surface area contributed by atoms with Crippen molar-refractivity contribution in [3.05, 3.63) is 29.8 Å². The van der Waals surface area contributed by atoms with E-state index in [2.05, 4.69) is 0 Å². The van der Waals surface area contributed by atoms with Gasteiger partial charge in [-0.1, -0.05) is 12.1 Å². The molecule has 0 unspecified atom stereocenters. The number of rotatable bonds is 9. The molecule has 0 radical (unpaired) electrons. The Balaban J connectivity index is 1.78. The van der Waals surface area contributed by atoms with Crippen LogP contribution >= 0.6 is 0 Å². The van der Waals surface area contributed by atoms with Gasteiger partial charge in [0, 0.05) is 12.8 Å². The molecule has 1 heterocycles. The Morgan fingerprint density at radius 1 is 1.29 bits per heavy atom. The van der Waals surface area contributed by atoms with Gasteiger partial charge in [0.15, 0.2) is 0 Å². The van der Waals surface area contributed by atoms with Crippen molar-refractivity contribution in [3.8, 4) is 5.75 Å². The zero-order chi connectivity index (χ0) is 17.6. The SMILES string of the molecule is COc1ccc(CO[C@H](CCOC(=O)C(C)(C)C)C[C@@H]2CO2)cc1. The summed E-state index contributed by atoms with van der Waals surface area (Å²) in [6.07, 6.45) is 1.82. The zero-order valence-corrected chi connectivity index (χ0v) is 15.0. The molecule has 2 rings (SSSR count). The molecule has 1 aromatic rings. The minimum absolute atomic E-state index is 0.0207. The molecule has 1 aliphatic heterocycles. The lowest BCUT2D eigenvalue weighted by atomic mass is 9.97. The van der Waals surface area contributed by atoms with Crippen LogP contribution in [0.3, 0.4) is 0 Å². The number of carbonyl (C=O) groups excluding carboxylic acids is 1. The van der Waals surface area contributed by atoms with Crippen molar-refractivity contribution in [2.45, 2.75) is 52.4 Å². The van der Waals surface area contributed by atoms with Crippen molar-refractivity contribution in [1.29, 1.82) is 0 Å². The summed E-state index contributed by atoms with van der Waals surface area (Å²) in [6, 6.07) is 7.82. The standard InChI is InChI=1S/C19H28O5/c1-19(2,3)18(20)22-10-9-16(11-17-13-24-17)23-12-14-5-7-15(21-4)8-6-14/h5-8,16-17H,9-13H2,1-4H3/t16-,17-/m1/s1. The average molecular weight is 336 g/mol. The molecular weight excluding hydrogens is 308 g/mol. The summed E-state index contributed by atoms with van der Waals surface area (Å²) in [4.78, 5) is 11.8. The number of esters is 1. The summed E-state index contributed by atoms with van der Waals surface area (Å²) in [5, 5.41) is 0. The van der Waals surface area contributed by atoms with Gasteiger partial charge in [0.25, 0.3) is 0 Å². The second-order valence-corrected chi connectivity index (χ2v) is 7.15. The van der Waals surface area contributed by atoms with Gasteiger partial charge >= 0.3 is 5.97 Å². The molecule has 5 nitrogen and oxygen atoms in total. The van der Waals surface area contributed by atoms with Crippen LogP contribution in [0.15, 0.2) is 24.3 Å². The molecule has 0 amide bonds. The number of hydrogen-bond donors (Lipinski definition) is 0. The molecule has 1 saturated heterocycles. The zero-order valence-electron chi connectivity index (χ0n) is 15.0. The van der Waals surface area contributed by atoms with Gasteiger partial charge in [-0.3, -0.25) is 4.79 Å². The van der Waals surface area contributed by atoms with E-state index in [-0.39, 0.29) is 18.2 Å². The van der Waals surface area contributed by atoms with Crippen LogP contribution in [0.1, 0.15) is 39.2 Å². The quantitative estimate of drug-likeness (QED) is 0.511. The van der Waals surface area contributed by atoms with Crippen LogP contribution < -0.4 is 4.74 Å². The largest absolute Gasteiger partial charge is 0.497 e. The predicted molar refractivity (Wildman–Crippen MR) is 91.0 cm³/mol. The van der Waals surface area contributed by atoms with E-state index in [1.54, 1.807) is 7.11 Å². The number of ether oxygens (including phenoxy) is 4. The number of epoxide rings is 1. The normalized spacial score (nSPS) is 18.1. The Morgan fingerprint density at radius 3 is 2.50 bits per heavy atom. The first kappa shape index (κ1) is 18.7. The third-order valence-corrected chi connectivity index (χ3v) is 3.86. The molecule has 2 atom stereocenters. The lowest BCUT2D eigenvalue weighted by Crippen LogP contribution is -2.25. The lowest BCUT2D eigenvalue weighted by Gasteiger charge is -2.20. The summed E-state index contributed by atoms with van der Waals surface area (Å²) >= 11 is 0. The second kappa shape index (κ2) is 8.49.